The van der Waals surface area contributed by atoms with Crippen LogP contribution in [0.15, 0.2) is 24.3 Å². The predicted molar refractivity (Wildman–Crippen MR) is 77.0 cm³/mol. The minimum Gasteiger partial charge on any atom is -0.481 e. The molecule has 2 rings (SSSR count). The molecule has 0 saturated heterocycles. The first-order valence-corrected chi connectivity index (χ1v) is 7.24. The number of anilines is 1. The minimum absolute atomic E-state index is 0.233. The summed E-state index contributed by atoms with van der Waals surface area (Å²) in [4.78, 5) is 22.7. The van der Waals surface area contributed by atoms with Crippen molar-refractivity contribution in [1.29, 1.82) is 0 Å². The maximum absolute atomic E-state index is 12.8. The Hall–Kier alpha value is -2.25. The van der Waals surface area contributed by atoms with Gasteiger partial charge < -0.3 is 15.7 Å². The number of rotatable bonds is 3. The number of carbonyl (C=O) groups excluding carboxylic acids is 1. The summed E-state index contributed by atoms with van der Waals surface area (Å²) in [5.41, 5.74) is -1.22. The second-order valence-corrected chi connectivity index (χ2v) is 5.53. The van der Waals surface area contributed by atoms with Crippen molar-refractivity contribution in [2.24, 2.45) is 5.92 Å². The number of carboxylic acid groups (broad SMARTS) is 1. The molecule has 0 heterocycles. The monoisotopic (exact) mass is 330 g/mol. The predicted octanol–water partition coefficient (Wildman–Crippen LogP) is 3.47. The van der Waals surface area contributed by atoms with E-state index in [9.17, 15) is 22.8 Å². The number of amides is 2. The van der Waals surface area contributed by atoms with E-state index in [2.05, 4.69) is 10.6 Å². The van der Waals surface area contributed by atoms with Crippen molar-refractivity contribution in [2.75, 3.05) is 5.32 Å². The van der Waals surface area contributed by atoms with Crippen LogP contribution in [0.1, 0.15) is 31.2 Å². The number of nitrogens with one attached hydrogen (secondary N) is 2. The zero-order chi connectivity index (χ0) is 17.0. The molecule has 0 unspecified atom stereocenters. The quantitative estimate of drug-likeness (QED) is 0.794. The molecule has 2 amide bonds. The normalized spacial score (nSPS) is 21.5. The molecule has 5 nitrogen and oxygen atoms in total. The molecule has 1 saturated carbocycles. The standard InChI is InChI=1S/C15H17F3N2O3/c16-15(17,18)11-3-1-2-4-12(11)20-14(23)19-10-7-5-9(6-8-10)13(21)22/h1-4,9-10H,5-8H2,(H,21,22)(H2,19,20,23). The molecule has 3 N–H and O–H groups in total. The van der Waals surface area contributed by atoms with Crippen LogP contribution in [0.4, 0.5) is 23.7 Å². The van der Waals surface area contributed by atoms with Gasteiger partial charge in [0, 0.05) is 6.04 Å². The number of aliphatic carboxylic acids is 1. The second-order valence-electron chi connectivity index (χ2n) is 5.53. The van der Waals surface area contributed by atoms with Crippen LogP contribution in [-0.2, 0) is 11.0 Å². The fourth-order valence-electron chi connectivity index (χ4n) is 2.67. The van der Waals surface area contributed by atoms with Crippen molar-refractivity contribution in [1.82, 2.24) is 5.32 Å². The Morgan fingerprint density at radius 2 is 1.70 bits per heavy atom. The number of hydrogen-bond donors (Lipinski definition) is 3. The smallest absolute Gasteiger partial charge is 0.418 e. The number of benzene rings is 1. The summed E-state index contributed by atoms with van der Waals surface area (Å²) in [5, 5.41) is 13.7. The minimum atomic E-state index is -4.55. The molecule has 126 valence electrons. The molecule has 1 aromatic rings. The van der Waals surface area contributed by atoms with Gasteiger partial charge in [0.2, 0.25) is 0 Å². The molecule has 1 fully saturated rings. The molecule has 1 aliphatic rings. The van der Waals surface area contributed by atoms with Gasteiger partial charge in [0.1, 0.15) is 0 Å². The SMILES string of the molecule is O=C(Nc1ccccc1C(F)(F)F)NC1CCC(C(=O)O)CC1. The fourth-order valence-corrected chi connectivity index (χ4v) is 2.67. The highest BCUT2D eigenvalue weighted by molar-refractivity contribution is 5.90. The lowest BCUT2D eigenvalue weighted by molar-refractivity contribution is -0.143. The van der Waals surface area contributed by atoms with E-state index in [0.717, 1.165) is 6.07 Å². The molecular formula is C15H17F3N2O3. The lowest BCUT2D eigenvalue weighted by Gasteiger charge is -2.27. The largest absolute Gasteiger partial charge is 0.481 e. The highest BCUT2D eigenvalue weighted by Gasteiger charge is 2.34. The summed E-state index contributed by atoms with van der Waals surface area (Å²) >= 11 is 0. The van der Waals surface area contributed by atoms with Gasteiger partial charge in [0.15, 0.2) is 0 Å². The number of urea groups is 1. The van der Waals surface area contributed by atoms with Crippen molar-refractivity contribution in [2.45, 2.75) is 37.9 Å². The van der Waals surface area contributed by atoms with Gasteiger partial charge in [-0.3, -0.25) is 4.79 Å². The maximum atomic E-state index is 12.8. The van der Waals surface area contributed by atoms with E-state index in [1.54, 1.807) is 0 Å². The molecule has 1 aliphatic carbocycles. The van der Waals surface area contributed by atoms with E-state index in [1.165, 1.54) is 18.2 Å². The van der Waals surface area contributed by atoms with Gasteiger partial charge >= 0.3 is 18.2 Å². The van der Waals surface area contributed by atoms with Gasteiger partial charge in [-0.2, -0.15) is 13.2 Å². The van der Waals surface area contributed by atoms with Crippen molar-refractivity contribution >= 4 is 17.7 Å². The summed E-state index contributed by atoms with van der Waals surface area (Å²) in [7, 11) is 0. The van der Waals surface area contributed by atoms with Crippen LogP contribution in [0.5, 0.6) is 0 Å². The summed E-state index contributed by atoms with van der Waals surface area (Å²) in [6.45, 7) is 0. The Morgan fingerprint density at radius 3 is 2.26 bits per heavy atom. The summed E-state index contributed by atoms with van der Waals surface area (Å²) in [6.07, 6.45) is -2.68. The zero-order valence-electron chi connectivity index (χ0n) is 12.2. The highest BCUT2D eigenvalue weighted by atomic mass is 19.4. The first kappa shape index (κ1) is 17.1. The molecule has 0 aromatic heterocycles. The molecule has 0 radical (unpaired) electrons. The molecule has 0 atom stereocenters. The molecule has 0 aliphatic heterocycles. The van der Waals surface area contributed by atoms with Crippen LogP contribution >= 0.6 is 0 Å². The van der Waals surface area contributed by atoms with E-state index >= 15 is 0 Å². The number of alkyl halides is 3. The maximum Gasteiger partial charge on any atom is 0.418 e. The molecule has 0 bridgehead atoms. The highest BCUT2D eigenvalue weighted by Crippen LogP contribution is 2.34. The Bertz CT molecular complexity index is 582. The van der Waals surface area contributed by atoms with E-state index in [0.29, 0.717) is 25.7 Å². The summed E-state index contributed by atoms with van der Waals surface area (Å²) in [6, 6.07) is 3.78. The van der Waals surface area contributed by atoms with E-state index in [1.807, 2.05) is 0 Å². The van der Waals surface area contributed by atoms with Crippen molar-refractivity contribution in [3.05, 3.63) is 29.8 Å². The van der Waals surface area contributed by atoms with Crippen molar-refractivity contribution in [3.8, 4) is 0 Å². The molecule has 1 aromatic carbocycles. The molecule has 8 heteroatoms. The third-order valence-electron chi connectivity index (χ3n) is 3.89. The van der Waals surface area contributed by atoms with Gasteiger partial charge in [-0.05, 0) is 37.8 Å². The van der Waals surface area contributed by atoms with E-state index in [4.69, 9.17) is 5.11 Å². The zero-order valence-corrected chi connectivity index (χ0v) is 12.2. The van der Waals surface area contributed by atoms with Gasteiger partial charge in [0.25, 0.3) is 0 Å². The summed E-state index contributed by atoms with van der Waals surface area (Å²) in [5.74, 6) is -1.27. The van der Waals surface area contributed by atoms with Crippen molar-refractivity contribution in [3.63, 3.8) is 0 Å². The number of carboxylic acids is 1. The first-order valence-electron chi connectivity index (χ1n) is 7.24. The third-order valence-corrected chi connectivity index (χ3v) is 3.89. The van der Waals surface area contributed by atoms with Crippen LogP contribution in [0.2, 0.25) is 0 Å². The first-order chi connectivity index (χ1) is 10.8. The Labute approximate surface area is 130 Å². The average molecular weight is 330 g/mol. The Morgan fingerprint density at radius 1 is 1.09 bits per heavy atom. The number of hydrogen-bond acceptors (Lipinski definition) is 2. The van der Waals surface area contributed by atoms with Gasteiger partial charge in [-0.15, -0.1) is 0 Å². The fraction of sp³-hybridized carbons (Fsp3) is 0.467. The van der Waals surface area contributed by atoms with Gasteiger partial charge in [0.05, 0.1) is 17.2 Å². The number of halogens is 3. The number of carbonyl (C=O) groups is 2. The topological polar surface area (TPSA) is 78.4 Å². The van der Waals surface area contributed by atoms with E-state index < -0.39 is 29.7 Å². The third kappa shape index (κ3) is 4.61. The van der Waals surface area contributed by atoms with Crippen LogP contribution < -0.4 is 10.6 Å². The lowest BCUT2D eigenvalue weighted by Crippen LogP contribution is -2.41. The molecular weight excluding hydrogens is 313 g/mol. The Balaban J connectivity index is 1.93. The van der Waals surface area contributed by atoms with Gasteiger partial charge in [-0.25, -0.2) is 4.79 Å². The van der Waals surface area contributed by atoms with Crippen LogP contribution in [-0.4, -0.2) is 23.1 Å². The van der Waals surface area contributed by atoms with Crippen molar-refractivity contribution < 1.29 is 27.9 Å². The van der Waals surface area contributed by atoms with Crippen LogP contribution in [0.25, 0.3) is 0 Å². The van der Waals surface area contributed by atoms with Gasteiger partial charge in [-0.1, -0.05) is 12.1 Å². The van der Waals surface area contributed by atoms with Crippen LogP contribution in [0.3, 0.4) is 0 Å². The molecule has 23 heavy (non-hydrogen) atoms. The number of para-hydroxylation sites is 1. The lowest BCUT2D eigenvalue weighted by atomic mass is 9.86. The summed E-state index contributed by atoms with van der Waals surface area (Å²) < 4.78 is 38.5. The average Bonchev–Trinajstić information content (AvgIpc) is 2.47. The van der Waals surface area contributed by atoms with Crippen LogP contribution in [0, 0.1) is 5.92 Å². The van der Waals surface area contributed by atoms with E-state index in [-0.39, 0.29) is 11.7 Å². The Kier molecular flexibility index (Phi) is 5.12. The molecule has 0 spiro atoms. The second kappa shape index (κ2) is 6.89.